The van der Waals surface area contributed by atoms with E-state index in [2.05, 4.69) is 26.5 Å². The SMILES string of the molecule is C=C[C@](C)(O)/C=C/C=C(\C)CC/C=C(\C)C[C@@H](O)C=C(C)C. The van der Waals surface area contributed by atoms with Crippen molar-refractivity contribution >= 4 is 0 Å². The molecule has 2 heteroatoms. The highest BCUT2D eigenvalue weighted by Crippen LogP contribution is 2.12. The summed E-state index contributed by atoms with van der Waals surface area (Å²) in [6.45, 7) is 13.4. The summed E-state index contributed by atoms with van der Waals surface area (Å²) in [5.74, 6) is 0. The fourth-order valence-corrected chi connectivity index (χ4v) is 1.96. The topological polar surface area (TPSA) is 40.5 Å². The van der Waals surface area contributed by atoms with Crippen LogP contribution in [0.1, 0.15) is 53.9 Å². The van der Waals surface area contributed by atoms with Crippen molar-refractivity contribution in [3.63, 3.8) is 0 Å². The number of hydrogen-bond acceptors (Lipinski definition) is 2. The Morgan fingerprint density at radius 3 is 2.36 bits per heavy atom. The van der Waals surface area contributed by atoms with Gasteiger partial charge in [0, 0.05) is 0 Å². The second kappa shape index (κ2) is 10.4. The third kappa shape index (κ3) is 11.3. The molecule has 2 N–H and O–H groups in total. The van der Waals surface area contributed by atoms with E-state index in [0.717, 1.165) is 18.4 Å². The monoisotopic (exact) mass is 304 g/mol. The molecule has 22 heavy (non-hydrogen) atoms. The highest BCUT2D eigenvalue weighted by atomic mass is 16.3. The minimum absolute atomic E-state index is 0.387. The van der Waals surface area contributed by atoms with Crippen LogP contribution in [-0.2, 0) is 0 Å². The van der Waals surface area contributed by atoms with Crippen LogP contribution >= 0.6 is 0 Å². The predicted octanol–water partition coefficient (Wildman–Crippen LogP) is 4.87. The van der Waals surface area contributed by atoms with Gasteiger partial charge >= 0.3 is 0 Å². The molecule has 0 heterocycles. The minimum Gasteiger partial charge on any atom is -0.389 e. The number of hydrogen-bond donors (Lipinski definition) is 2. The van der Waals surface area contributed by atoms with Crippen molar-refractivity contribution in [3.8, 4) is 0 Å². The zero-order chi connectivity index (χ0) is 17.2. The smallest absolute Gasteiger partial charge is 0.0980 e. The third-order valence-corrected chi connectivity index (χ3v) is 3.32. The predicted molar refractivity (Wildman–Crippen MR) is 96.8 cm³/mol. The highest BCUT2D eigenvalue weighted by Gasteiger charge is 2.08. The summed E-state index contributed by atoms with van der Waals surface area (Å²) < 4.78 is 0. The average molecular weight is 304 g/mol. The van der Waals surface area contributed by atoms with Crippen LogP contribution < -0.4 is 0 Å². The summed E-state index contributed by atoms with van der Waals surface area (Å²) in [4.78, 5) is 0. The Kier molecular flexibility index (Phi) is 9.71. The molecule has 0 rings (SSSR count). The Hall–Kier alpha value is -1.38. The first-order valence-electron chi connectivity index (χ1n) is 7.86. The van der Waals surface area contributed by atoms with Crippen molar-refractivity contribution in [1.29, 1.82) is 0 Å². The van der Waals surface area contributed by atoms with Gasteiger partial charge in [-0.3, -0.25) is 0 Å². The summed E-state index contributed by atoms with van der Waals surface area (Å²) in [5.41, 5.74) is 2.66. The molecule has 0 saturated heterocycles. The van der Waals surface area contributed by atoms with Crippen LogP contribution in [0.5, 0.6) is 0 Å². The van der Waals surface area contributed by atoms with Gasteiger partial charge < -0.3 is 10.2 Å². The standard InChI is InChI=1S/C20H32O2/c1-7-20(6,22)13-9-12-17(4)10-8-11-18(5)15-19(21)14-16(2)3/h7,9,11-14,19,21-22H,1,8,10,15H2,2-6H3/b13-9+,17-12+,18-11+/t19-,20-/m0/s1. The molecule has 0 aromatic heterocycles. The molecule has 124 valence electrons. The van der Waals surface area contributed by atoms with Gasteiger partial charge in [0.1, 0.15) is 0 Å². The van der Waals surface area contributed by atoms with E-state index in [9.17, 15) is 10.2 Å². The lowest BCUT2D eigenvalue weighted by molar-refractivity contribution is 0.164. The summed E-state index contributed by atoms with van der Waals surface area (Å²) in [6.07, 6.45) is 13.4. The van der Waals surface area contributed by atoms with Gasteiger partial charge in [0.15, 0.2) is 0 Å². The number of aliphatic hydroxyl groups excluding tert-OH is 1. The van der Waals surface area contributed by atoms with Crippen LogP contribution in [0.3, 0.4) is 0 Å². The average Bonchev–Trinajstić information content (AvgIpc) is 2.37. The van der Waals surface area contributed by atoms with E-state index in [1.54, 1.807) is 13.0 Å². The maximum Gasteiger partial charge on any atom is 0.0980 e. The summed E-state index contributed by atoms with van der Waals surface area (Å²) in [5, 5.41) is 19.6. The molecule has 0 amide bonds. The molecular weight excluding hydrogens is 272 g/mol. The second-order valence-corrected chi connectivity index (χ2v) is 6.41. The van der Waals surface area contributed by atoms with Crippen molar-refractivity contribution in [2.45, 2.75) is 65.6 Å². The van der Waals surface area contributed by atoms with Gasteiger partial charge in [0.05, 0.1) is 11.7 Å². The molecule has 0 bridgehead atoms. The number of aliphatic hydroxyl groups is 2. The molecule has 0 aliphatic heterocycles. The quantitative estimate of drug-likeness (QED) is 0.471. The lowest BCUT2D eigenvalue weighted by Gasteiger charge is -2.11. The molecule has 2 atom stereocenters. The van der Waals surface area contributed by atoms with Gasteiger partial charge in [0.25, 0.3) is 0 Å². The number of allylic oxidation sites excluding steroid dienone is 5. The maximum atomic E-state index is 9.84. The van der Waals surface area contributed by atoms with Gasteiger partial charge in [-0.2, -0.15) is 0 Å². The molecule has 0 unspecified atom stereocenters. The van der Waals surface area contributed by atoms with E-state index >= 15 is 0 Å². The first-order chi connectivity index (χ1) is 10.2. The molecule has 2 nitrogen and oxygen atoms in total. The lowest BCUT2D eigenvalue weighted by atomic mass is 10.0. The van der Waals surface area contributed by atoms with Gasteiger partial charge in [0.2, 0.25) is 0 Å². The van der Waals surface area contributed by atoms with Crippen LogP contribution in [0, 0.1) is 0 Å². The Bertz CT molecular complexity index is 458. The van der Waals surface area contributed by atoms with E-state index in [-0.39, 0.29) is 6.10 Å². The van der Waals surface area contributed by atoms with Crippen LogP contribution in [0.2, 0.25) is 0 Å². The normalized spacial score (nSPS) is 17.2. The fraction of sp³-hybridized carbons (Fsp3) is 0.500. The second-order valence-electron chi connectivity index (χ2n) is 6.41. The molecular formula is C20H32O2. The van der Waals surface area contributed by atoms with Crippen LogP contribution in [-0.4, -0.2) is 21.9 Å². The van der Waals surface area contributed by atoms with Crippen molar-refractivity contribution < 1.29 is 10.2 Å². The Labute approximate surface area is 136 Å². The van der Waals surface area contributed by atoms with E-state index < -0.39 is 5.60 Å². The van der Waals surface area contributed by atoms with Crippen molar-refractivity contribution in [1.82, 2.24) is 0 Å². The maximum absolute atomic E-state index is 9.84. The Morgan fingerprint density at radius 2 is 1.82 bits per heavy atom. The van der Waals surface area contributed by atoms with Crippen LogP contribution in [0.15, 0.2) is 59.8 Å². The van der Waals surface area contributed by atoms with Crippen LogP contribution in [0.25, 0.3) is 0 Å². The summed E-state index contributed by atoms with van der Waals surface area (Å²) >= 11 is 0. The zero-order valence-corrected chi connectivity index (χ0v) is 14.8. The largest absolute Gasteiger partial charge is 0.389 e. The summed E-state index contributed by atoms with van der Waals surface area (Å²) in [6, 6.07) is 0. The van der Waals surface area contributed by atoms with E-state index in [1.165, 1.54) is 17.2 Å². The van der Waals surface area contributed by atoms with Crippen molar-refractivity contribution in [2.24, 2.45) is 0 Å². The Morgan fingerprint density at radius 1 is 1.18 bits per heavy atom. The molecule has 0 spiro atoms. The molecule has 0 aromatic rings. The lowest BCUT2D eigenvalue weighted by Crippen LogP contribution is -2.15. The molecule has 0 saturated carbocycles. The molecule has 0 aromatic carbocycles. The van der Waals surface area contributed by atoms with E-state index in [1.807, 2.05) is 32.1 Å². The first-order valence-corrected chi connectivity index (χ1v) is 7.86. The van der Waals surface area contributed by atoms with E-state index in [4.69, 9.17) is 0 Å². The Balaban J connectivity index is 4.30. The van der Waals surface area contributed by atoms with Gasteiger partial charge in [-0.25, -0.2) is 0 Å². The minimum atomic E-state index is -0.950. The van der Waals surface area contributed by atoms with Gasteiger partial charge in [-0.05, 0) is 60.0 Å². The first kappa shape index (κ1) is 20.6. The molecule has 0 aliphatic carbocycles. The van der Waals surface area contributed by atoms with Gasteiger partial charge in [-0.15, -0.1) is 0 Å². The van der Waals surface area contributed by atoms with E-state index in [0.29, 0.717) is 6.42 Å². The molecule has 0 fully saturated rings. The number of rotatable bonds is 9. The third-order valence-electron chi connectivity index (χ3n) is 3.32. The van der Waals surface area contributed by atoms with Crippen molar-refractivity contribution in [2.75, 3.05) is 0 Å². The fourth-order valence-electron chi connectivity index (χ4n) is 1.96. The van der Waals surface area contributed by atoms with Crippen LogP contribution in [0.4, 0.5) is 0 Å². The molecule has 0 radical (unpaired) electrons. The highest BCUT2D eigenvalue weighted by molar-refractivity contribution is 5.18. The zero-order valence-electron chi connectivity index (χ0n) is 14.8. The molecule has 0 aliphatic rings. The van der Waals surface area contributed by atoms with Gasteiger partial charge in [-0.1, -0.05) is 53.7 Å². The summed E-state index contributed by atoms with van der Waals surface area (Å²) in [7, 11) is 0. The van der Waals surface area contributed by atoms with Crippen molar-refractivity contribution in [3.05, 3.63) is 59.8 Å².